The number of pyridine rings is 1. The third-order valence-corrected chi connectivity index (χ3v) is 3.23. The Balaban J connectivity index is 2.01. The molecule has 118 valence electrons. The fourth-order valence-corrected chi connectivity index (χ4v) is 2.22. The van der Waals surface area contributed by atoms with Crippen LogP contribution in [-0.2, 0) is 13.1 Å². The molecule has 4 heteroatoms. The molecule has 0 aliphatic rings. The summed E-state index contributed by atoms with van der Waals surface area (Å²) >= 11 is 0. The first-order valence-electron chi connectivity index (χ1n) is 7.64. The number of nitrogens with one attached hydrogen (secondary N) is 1. The lowest BCUT2D eigenvalue weighted by Crippen LogP contribution is -2.16. The topological polar surface area (TPSA) is 37.4 Å². The van der Waals surface area contributed by atoms with Gasteiger partial charge in [0.1, 0.15) is 5.75 Å². The molecule has 4 nitrogen and oxygen atoms in total. The van der Waals surface area contributed by atoms with Gasteiger partial charge >= 0.3 is 0 Å². The van der Waals surface area contributed by atoms with E-state index in [1.54, 1.807) is 0 Å². The van der Waals surface area contributed by atoms with Crippen LogP contribution in [0.2, 0.25) is 0 Å². The number of benzene rings is 1. The summed E-state index contributed by atoms with van der Waals surface area (Å²) in [5.74, 6) is 0.928. The Hall–Kier alpha value is -2.07. The van der Waals surface area contributed by atoms with Gasteiger partial charge in [0.05, 0.1) is 17.5 Å². The van der Waals surface area contributed by atoms with Crippen LogP contribution < -0.4 is 15.0 Å². The van der Waals surface area contributed by atoms with Crippen molar-refractivity contribution < 1.29 is 4.74 Å². The van der Waals surface area contributed by atoms with Gasteiger partial charge in [0.2, 0.25) is 0 Å². The maximum atomic E-state index is 5.93. The predicted molar refractivity (Wildman–Crippen MR) is 91.3 cm³/mol. The average Bonchev–Trinajstić information content (AvgIpc) is 2.47. The lowest BCUT2D eigenvalue weighted by Gasteiger charge is -2.20. The van der Waals surface area contributed by atoms with Gasteiger partial charge in [0.25, 0.3) is 0 Å². The van der Waals surface area contributed by atoms with Gasteiger partial charge in [-0.25, -0.2) is 0 Å². The van der Waals surface area contributed by atoms with E-state index in [0.717, 1.165) is 30.2 Å². The summed E-state index contributed by atoms with van der Waals surface area (Å²) in [5.41, 5.74) is 3.35. The Morgan fingerprint density at radius 1 is 1.14 bits per heavy atom. The Kier molecular flexibility index (Phi) is 5.78. The molecule has 1 N–H and O–H groups in total. The van der Waals surface area contributed by atoms with Crippen molar-refractivity contribution in [3.8, 4) is 5.75 Å². The minimum absolute atomic E-state index is 0.162. The highest BCUT2D eigenvalue weighted by Gasteiger charge is 2.09. The molecule has 0 bridgehead atoms. The summed E-state index contributed by atoms with van der Waals surface area (Å²) in [5, 5.41) is 3.42. The number of ether oxygens (including phenoxy) is 1. The molecule has 0 aliphatic heterocycles. The molecule has 2 aromatic rings. The minimum Gasteiger partial charge on any atom is -0.489 e. The van der Waals surface area contributed by atoms with Gasteiger partial charge in [0, 0.05) is 33.4 Å². The normalized spacial score (nSPS) is 10.8. The first-order valence-corrected chi connectivity index (χ1v) is 7.64. The molecular formula is C18H25N3O. The first-order chi connectivity index (χ1) is 10.6. The van der Waals surface area contributed by atoms with Crippen molar-refractivity contribution in [2.24, 2.45) is 0 Å². The molecule has 1 aromatic heterocycles. The van der Waals surface area contributed by atoms with E-state index >= 15 is 0 Å². The van der Waals surface area contributed by atoms with Crippen molar-refractivity contribution in [1.82, 2.24) is 10.3 Å². The molecule has 22 heavy (non-hydrogen) atoms. The van der Waals surface area contributed by atoms with Crippen LogP contribution in [0.5, 0.6) is 5.75 Å². The standard InChI is InChI=1S/C18H25N3O/c1-14(2)22-18-11-15(8-9-17(18)21(3)4)12-19-13-16-7-5-6-10-20-16/h5-11,14,19H,12-13H2,1-4H3. The highest BCUT2D eigenvalue weighted by atomic mass is 16.5. The molecule has 0 atom stereocenters. The number of rotatable bonds is 7. The van der Waals surface area contributed by atoms with Gasteiger partial charge < -0.3 is 15.0 Å². The highest BCUT2D eigenvalue weighted by Crippen LogP contribution is 2.29. The Morgan fingerprint density at radius 3 is 2.59 bits per heavy atom. The van der Waals surface area contributed by atoms with E-state index in [2.05, 4.69) is 33.4 Å². The summed E-state index contributed by atoms with van der Waals surface area (Å²) in [7, 11) is 4.06. The molecule has 0 amide bonds. The zero-order valence-electron chi connectivity index (χ0n) is 13.8. The van der Waals surface area contributed by atoms with E-state index in [1.807, 2.05) is 52.3 Å². The van der Waals surface area contributed by atoms with Crippen LogP contribution in [0.3, 0.4) is 0 Å². The minimum atomic E-state index is 0.162. The molecule has 0 fully saturated rings. The molecule has 0 aliphatic carbocycles. The van der Waals surface area contributed by atoms with E-state index < -0.39 is 0 Å². The Labute approximate surface area is 133 Å². The second-order valence-electron chi connectivity index (χ2n) is 5.79. The molecule has 0 saturated heterocycles. The van der Waals surface area contributed by atoms with Gasteiger partial charge in [-0.05, 0) is 43.7 Å². The molecule has 0 unspecified atom stereocenters. The highest BCUT2D eigenvalue weighted by molar-refractivity contribution is 5.59. The van der Waals surface area contributed by atoms with E-state index in [1.165, 1.54) is 5.56 Å². The summed E-state index contributed by atoms with van der Waals surface area (Å²) in [6.45, 7) is 5.65. The Bertz CT molecular complexity index is 582. The third kappa shape index (κ3) is 4.74. The van der Waals surface area contributed by atoms with E-state index in [9.17, 15) is 0 Å². The van der Waals surface area contributed by atoms with Crippen LogP contribution in [-0.4, -0.2) is 25.2 Å². The summed E-state index contributed by atoms with van der Waals surface area (Å²) in [4.78, 5) is 6.38. The zero-order valence-corrected chi connectivity index (χ0v) is 13.8. The van der Waals surface area contributed by atoms with Gasteiger partial charge in [0.15, 0.2) is 0 Å². The second kappa shape index (κ2) is 7.80. The second-order valence-corrected chi connectivity index (χ2v) is 5.79. The molecular weight excluding hydrogens is 274 g/mol. The van der Waals surface area contributed by atoms with Crippen molar-refractivity contribution in [3.05, 3.63) is 53.9 Å². The van der Waals surface area contributed by atoms with Crippen LogP contribution in [0.4, 0.5) is 5.69 Å². The van der Waals surface area contributed by atoms with E-state index in [4.69, 9.17) is 4.74 Å². The van der Waals surface area contributed by atoms with Crippen LogP contribution >= 0.6 is 0 Å². The Morgan fingerprint density at radius 2 is 1.95 bits per heavy atom. The molecule has 0 saturated carbocycles. The monoisotopic (exact) mass is 299 g/mol. The summed E-state index contributed by atoms with van der Waals surface area (Å²) in [6, 6.07) is 12.3. The molecule has 1 heterocycles. The quantitative estimate of drug-likeness (QED) is 0.852. The van der Waals surface area contributed by atoms with Crippen molar-refractivity contribution in [3.63, 3.8) is 0 Å². The number of aromatic nitrogens is 1. The van der Waals surface area contributed by atoms with Crippen LogP contribution in [0.25, 0.3) is 0 Å². The number of hydrogen-bond acceptors (Lipinski definition) is 4. The van der Waals surface area contributed by atoms with Crippen molar-refractivity contribution in [2.45, 2.75) is 33.0 Å². The third-order valence-electron chi connectivity index (χ3n) is 3.23. The van der Waals surface area contributed by atoms with Crippen molar-refractivity contribution in [2.75, 3.05) is 19.0 Å². The summed E-state index contributed by atoms with van der Waals surface area (Å²) < 4.78 is 5.93. The SMILES string of the molecule is CC(C)Oc1cc(CNCc2ccccn2)ccc1N(C)C. The fourth-order valence-electron chi connectivity index (χ4n) is 2.22. The van der Waals surface area contributed by atoms with E-state index in [0.29, 0.717) is 0 Å². The maximum Gasteiger partial charge on any atom is 0.143 e. The number of anilines is 1. The van der Waals surface area contributed by atoms with Gasteiger partial charge in [-0.15, -0.1) is 0 Å². The maximum absolute atomic E-state index is 5.93. The van der Waals surface area contributed by atoms with Gasteiger partial charge in [-0.3, -0.25) is 4.98 Å². The largest absolute Gasteiger partial charge is 0.489 e. The number of nitrogens with zero attached hydrogens (tertiary/aromatic N) is 2. The van der Waals surface area contributed by atoms with Crippen LogP contribution in [0.15, 0.2) is 42.6 Å². The zero-order chi connectivity index (χ0) is 15.9. The molecule has 2 rings (SSSR count). The van der Waals surface area contributed by atoms with Crippen molar-refractivity contribution >= 4 is 5.69 Å². The lowest BCUT2D eigenvalue weighted by atomic mass is 10.1. The lowest BCUT2D eigenvalue weighted by molar-refractivity contribution is 0.243. The number of hydrogen-bond donors (Lipinski definition) is 1. The molecule has 0 spiro atoms. The van der Waals surface area contributed by atoms with Crippen LogP contribution in [0.1, 0.15) is 25.1 Å². The first kappa shape index (κ1) is 16.3. The smallest absolute Gasteiger partial charge is 0.143 e. The fraction of sp³-hybridized carbons (Fsp3) is 0.389. The molecule has 1 aromatic carbocycles. The molecule has 0 radical (unpaired) electrons. The van der Waals surface area contributed by atoms with Crippen molar-refractivity contribution in [1.29, 1.82) is 0 Å². The van der Waals surface area contributed by atoms with Gasteiger partial charge in [-0.1, -0.05) is 12.1 Å². The van der Waals surface area contributed by atoms with E-state index in [-0.39, 0.29) is 6.10 Å². The van der Waals surface area contributed by atoms with Gasteiger partial charge in [-0.2, -0.15) is 0 Å². The summed E-state index contributed by atoms with van der Waals surface area (Å²) in [6.07, 6.45) is 1.98. The van der Waals surface area contributed by atoms with Crippen LogP contribution in [0, 0.1) is 0 Å². The average molecular weight is 299 g/mol. The predicted octanol–water partition coefficient (Wildman–Crippen LogP) is 3.22.